The maximum atomic E-state index is 13.6. The van der Waals surface area contributed by atoms with Gasteiger partial charge in [0.15, 0.2) is 20.9 Å². The van der Waals surface area contributed by atoms with Crippen molar-refractivity contribution in [3.05, 3.63) is 82.9 Å². The van der Waals surface area contributed by atoms with Gasteiger partial charge in [0.25, 0.3) is 11.8 Å². The molecule has 8 nitrogen and oxygen atoms in total. The van der Waals surface area contributed by atoms with E-state index in [-0.39, 0.29) is 30.1 Å². The van der Waals surface area contributed by atoms with E-state index in [2.05, 4.69) is 33.9 Å². The lowest BCUT2D eigenvalue weighted by Crippen LogP contribution is -2.69. The molecule has 3 aliphatic rings. The van der Waals surface area contributed by atoms with E-state index < -0.39 is 45.3 Å². The Morgan fingerprint density at radius 3 is 2.07 bits per heavy atom. The maximum Gasteiger partial charge on any atom is 0.257 e. The Balaban J connectivity index is 1.56. The molecule has 0 radical (unpaired) electrons. The Labute approximate surface area is 243 Å². The van der Waals surface area contributed by atoms with E-state index in [0.29, 0.717) is 11.1 Å². The number of nitrogens with zero attached hydrogens (tertiary/aromatic N) is 1. The van der Waals surface area contributed by atoms with Crippen molar-refractivity contribution < 1.29 is 33.0 Å². The number of carbonyl (C=O) groups is 2. The average Bonchev–Trinajstić information content (AvgIpc) is 3.13. The van der Waals surface area contributed by atoms with Gasteiger partial charge in [0.1, 0.15) is 24.4 Å². The van der Waals surface area contributed by atoms with Crippen molar-refractivity contribution in [3.63, 3.8) is 0 Å². The Hall–Kier alpha value is -2.66. The van der Waals surface area contributed by atoms with Gasteiger partial charge in [0, 0.05) is 16.7 Å². The molecule has 3 heterocycles. The van der Waals surface area contributed by atoms with Gasteiger partial charge in [-0.2, -0.15) is 0 Å². The summed E-state index contributed by atoms with van der Waals surface area (Å²) in [6.07, 6.45) is -3.43. The summed E-state index contributed by atoms with van der Waals surface area (Å²) in [6, 6.07) is 18.6. The molecule has 6 atom stereocenters. The number of benzene rings is 2. The smallest absolute Gasteiger partial charge is 0.257 e. The lowest BCUT2D eigenvalue weighted by atomic mass is 9.94. The van der Waals surface area contributed by atoms with E-state index in [4.69, 9.17) is 23.4 Å². The van der Waals surface area contributed by atoms with Crippen LogP contribution in [-0.4, -0.2) is 62.3 Å². The van der Waals surface area contributed by atoms with Crippen LogP contribution in [0.2, 0.25) is 18.1 Å². The van der Waals surface area contributed by atoms with Crippen molar-refractivity contribution in [2.75, 3.05) is 6.61 Å². The lowest BCUT2D eigenvalue weighted by Gasteiger charge is -2.53. The predicted molar refractivity (Wildman–Crippen MR) is 156 cm³/mol. The number of rotatable bonds is 7. The van der Waals surface area contributed by atoms with Gasteiger partial charge in [-0.25, -0.2) is 0 Å². The Bertz CT molecular complexity index is 1270. The minimum Gasteiger partial charge on any atom is -0.391 e. The predicted octanol–water partition coefficient (Wildman–Crippen LogP) is 5.51. The zero-order chi connectivity index (χ0) is 29.5. The lowest BCUT2D eigenvalue weighted by molar-refractivity contribution is -0.346. The summed E-state index contributed by atoms with van der Waals surface area (Å²) < 4.78 is 32.8. The summed E-state index contributed by atoms with van der Waals surface area (Å²) in [6.45, 7) is 14.6. The fourth-order valence-corrected chi connectivity index (χ4v) is 6.31. The van der Waals surface area contributed by atoms with Gasteiger partial charge in [0.05, 0.1) is 13.2 Å². The highest BCUT2D eigenvalue weighted by Gasteiger charge is 2.58. The maximum absolute atomic E-state index is 13.6. The molecule has 0 saturated carbocycles. The van der Waals surface area contributed by atoms with E-state index in [1.54, 1.807) is 13.8 Å². The molecule has 2 amide bonds. The molecular weight excluding hydrogens is 538 g/mol. The topological polar surface area (TPSA) is 83.5 Å². The van der Waals surface area contributed by atoms with Crippen LogP contribution in [0, 0.1) is 0 Å². The molecule has 0 bridgehead atoms. The van der Waals surface area contributed by atoms with Crippen molar-refractivity contribution in [1.82, 2.24) is 4.90 Å². The van der Waals surface area contributed by atoms with Crippen LogP contribution in [0.25, 0.3) is 0 Å². The Morgan fingerprint density at radius 1 is 0.902 bits per heavy atom. The van der Waals surface area contributed by atoms with E-state index >= 15 is 0 Å². The molecule has 0 spiro atoms. The van der Waals surface area contributed by atoms with E-state index in [9.17, 15) is 9.59 Å². The highest BCUT2D eigenvalue weighted by Crippen LogP contribution is 2.43. The molecule has 5 rings (SSSR count). The standard InChI is InChI=1S/C32H41NO7Si/c1-20-21(2)29(35)33(28(20)34)25-27(36-18-22-14-10-8-11-15-22)26-24(38-31(25)40-41(6,7)32(3,4)5)19-37-30(39-26)23-16-12-9-13-17-23/h8-17,24-27,30-31H,18-19H2,1-7H3/t24-,25-,26-,27-,30-,31+/m1/s1. The minimum atomic E-state index is -2.43. The first-order valence-electron chi connectivity index (χ1n) is 14.3. The number of amides is 2. The second-order valence-corrected chi connectivity index (χ2v) is 17.3. The third kappa shape index (κ3) is 5.84. The van der Waals surface area contributed by atoms with Gasteiger partial charge in [0.2, 0.25) is 0 Å². The number of fused-ring (bicyclic) bond motifs is 1. The summed E-state index contributed by atoms with van der Waals surface area (Å²) in [5.74, 6) is -0.716. The van der Waals surface area contributed by atoms with Crippen LogP contribution in [-0.2, 0) is 39.6 Å². The van der Waals surface area contributed by atoms with Crippen molar-refractivity contribution in [3.8, 4) is 0 Å². The van der Waals surface area contributed by atoms with Gasteiger partial charge in [-0.05, 0) is 37.5 Å². The zero-order valence-electron chi connectivity index (χ0n) is 25.0. The molecule has 2 saturated heterocycles. The molecule has 220 valence electrons. The van der Waals surface area contributed by atoms with Crippen molar-refractivity contribution >= 4 is 20.1 Å². The fourth-order valence-electron chi connectivity index (χ4n) is 5.18. The third-order valence-electron chi connectivity index (χ3n) is 8.82. The molecule has 2 fully saturated rings. The van der Waals surface area contributed by atoms with Crippen LogP contribution >= 0.6 is 0 Å². The number of imide groups is 1. The number of hydrogen-bond donors (Lipinski definition) is 0. The van der Waals surface area contributed by atoms with Crippen LogP contribution < -0.4 is 0 Å². The monoisotopic (exact) mass is 579 g/mol. The van der Waals surface area contributed by atoms with E-state index in [1.807, 2.05) is 60.7 Å². The molecule has 2 aromatic rings. The van der Waals surface area contributed by atoms with Gasteiger partial charge in [-0.15, -0.1) is 0 Å². The summed E-state index contributed by atoms with van der Waals surface area (Å²) in [5.41, 5.74) is 2.66. The van der Waals surface area contributed by atoms with E-state index in [1.165, 1.54) is 4.90 Å². The molecular formula is C32H41NO7Si. The minimum absolute atomic E-state index is 0.140. The molecule has 3 aliphatic heterocycles. The summed E-state index contributed by atoms with van der Waals surface area (Å²) in [5, 5.41) is -0.140. The second-order valence-electron chi connectivity index (χ2n) is 12.6. The van der Waals surface area contributed by atoms with Crippen LogP contribution in [0.4, 0.5) is 0 Å². The molecule has 9 heteroatoms. The number of hydrogen-bond acceptors (Lipinski definition) is 7. The fraction of sp³-hybridized carbons (Fsp3) is 0.500. The first-order valence-corrected chi connectivity index (χ1v) is 17.2. The molecule has 0 aromatic heterocycles. The number of ether oxygens (including phenoxy) is 4. The Morgan fingerprint density at radius 2 is 1.49 bits per heavy atom. The van der Waals surface area contributed by atoms with Crippen LogP contribution in [0.3, 0.4) is 0 Å². The van der Waals surface area contributed by atoms with Gasteiger partial charge >= 0.3 is 0 Å². The normalized spacial score (nSPS) is 29.2. The summed E-state index contributed by atoms with van der Waals surface area (Å²) in [7, 11) is -2.43. The quantitative estimate of drug-likeness (QED) is 0.316. The Kier molecular flexibility index (Phi) is 8.40. The molecule has 0 N–H and O–H groups in total. The highest BCUT2D eigenvalue weighted by molar-refractivity contribution is 6.74. The first kappa shape index (κ1) is 29.8. The van der Waals surface area contributed by atoms with Crippen molar-refractivity contribution in [2.24, 2.45) is 0 Å². The van der Waals surface area contributed by atoms with Crippen LogP contribution in [0.15, 0.2) is 71.8 Å². The highest BCUT2D eigenvalue weighted by atomic mass is 28.4. The molecule has 41 heavy (non-hydrogen) atoms. The van der Waals surface area contributed by atoms with Crippen LogP contribution in [0.1, 0.15) is 52.0 Å². The van der Waals surface area contributed by atoms with Crippen molar-refractivity contribution in [1.29, 1.82) is 0 Å². The summed E-state index contributed by atoms with van der Waals surface area (Å²) in [4.78, 5) is 28.5. The molecule has 0 unspecified atom stereocenters. The average molecular weight is 580 g/mol. The third-order valence-corrected chi connectivity index (χ3v) is 13.3. The van der Waals surface area contributed by atoms with E-state index in [0.717, 1.165) is 11.1 Å². The van der Waals surface area contributed by atoms with Gasteiger partial charge in [-0.1, -0.05) is 81.4 Å². The second kappa shape index (κ2) is 11.5. The first-order chi connectivity index (χ1) is 19.4. The van der Waals surface area contributed by atoms with Crippen LogP contribution in [0.5, 0.6) is 0 Å². The number of carbonyl (C=O) groups excluding carboxylic acids is 2. The van der Waals surface area contributed by atoms with Gasteiger partial charge < -0.3 is 23.4 Å². The van der Waals surface area contributed by atoms with Crippen molar-refractivity contribution in [2.45, 2.75) is 96.3 Å². The largest absolute Gasteiger partial charge is 0.391 e. The molecule has 2 aromatic carbocycles. The zero-order valence-corrected chi connectivity index (χ0v) is 26.0. The molecule has 0 aliphatic carbocycles. The van der Waals surface area contributed by atoms with Gasteiger partial charge in [-0.3, -0.25) is 14.5 Å². The SMILES string of the molecule is CC1=C(C)C(=O)N([C@H]2[C@H](O[Si](C)(C)C(C)(C)C)O[C@@H]3CO[C@@H](c4ccccc4)O[C@H]3[C@@H]2OCc2ccccc2)C1=O. The summed E-state index contributed by atoms with van der Waals surface area (Å²) >= 11 is 0.